The fourth-order valence-corrected chi connectivity index (χ4v) is 4.06. The van der Waals surface area contributed by atoms with E-state index in [0.29, 0.717) is 5.56 Å². The van der Waals surface area contributed by atoms with Gasteiger partial charge in [-0.25, -0.2) is 0 Å². The van der Waals surface area contributed by atoms with Crippen LogP contribution in [-0.4, -0.2) is 10.5 Å². The molecule has 4 aromatic rings. The number of aromatic nitrogens is 1. The molecule has 1 amide bonds. The third kappa shape index (κ3) is 2.80. The van der Waals surface area contributed by atoms with Gasteiger partial charge in [0, 0.05) is 32.0 Å². The number of carbonyl (C=O) groups excluding carboxylic acids is 1. The van der Waals surface area contributed by atoms with Crippen molar-refractivity contribution in [1.29, 1.82) is 0 Å². The molecule has 25 heavy (non-hydrogen) atoms. The number of aryl methyl sites for hydroxylation is 1. The van der Waals surface area contributed by atoms with Crippen molar-refractivity contribution in [3.05, 3.63) is 80.9 Å². The number of amides is 1. The first-order valence-corrected chi connectivity index (χ1v) is 9.18. The van der Waals surface area contributed by atoms with Crippen molar-refractivity contribution < 1.29 is 4.79 Å². The summed E-state index contributed by atoms with van der Waals surface area (Å²) in [7, 11) is 0. The Morgan fingerprint density at radius 1 is 1.04 bits per heavy atom. The minimum absolute atomic E-state index is 0.389. The predicted octanol–water partition coefficient (Wildman–Crippen LogP) is 4.85. The van der Waals surface area contributed by atoms with Crippen LogP contribution in [0.5, 0.6) is 0 Å². The zero-order valence-electron chi connectivity index (χ0n) is 13.8. The Labute approximate surface area is 159 Å². The maximum atomic E-state index is 11.9. The second-order valence-corrected chi connectivity index (χ2v) is 7.55. The Morgan fingerprint density at radius 2 is 1.84 bits per heavy atom. The highest BCUT2D eigenvalue weighted by atomic mass is 127. The summed E-state index contributed by atoms with van der Waals surface area (Å²) >= 11 is 2.33. The van der Waals surface area contributed by atoms with E-state index in [1.807, 2.05) is 6.07 Å². The van der Waals surface area contributed by atoms with Crippen LogP contribution in [0.4, 0.5) is 0 Å². The number of nitrogens with two attached hydrogens (primary N) is 1. The molecule has 0 aliphatic rings. The molecule has 0 aliphatic heterocycles. The van der Waals surface area contributed by atoms with Crippen LogP contribution in [0, 0.1) is 10.5 Å². The van der Waals surface area contributed by atoms with Gasteiger partial charge in [-0.1, -0.05) is 30.3 Å². The Bertz CT molecular complexity index is 1130. The van der Waals surface area contributed by atoms with Gasteiger partial charge in [-0.15, -0.1) is 0 Å². The molecular weight excluding hydrogens is 423 g/mol. The van der Waals surface area contributed by atoms with Crippen molar-refractivity contribution >= 4 is 50.3 Å². The first kappa shape index (κ1) is 16.1. The number of carbonyl (C=O) groups is 1. The summed E-state index contributed by atoms with van der Waals surface area (Å²) in [5.41, 5.74) is 10.8. The molecule has 124 valence electrons. The van der Waals surface area contributed by atoms with Gasteiger partial charge in [-0.2, -0.15) is 0 Å². The van der Waals surface area contributed by atoms with Crippen LogP contribution in [0.2, 0.25) is 0 Å². The molecule has 0 radical (unpaired) electrons. The largest absolute Gasteiger partial charge is 0.366 e. The second-order valence-electron chi connectivity index (χ2n) is 6.30. The van der Waals surface area contributed by atoms with Crippen molar-refractivity contribution in [2.45, 2.75) is 13.5 Å². The third-order valence-corrected chi connectivity index (χ3v) is 5.21. The normalized spacial score (nSPS) is 11.3. The molecule has 0 spiro atoms. The van der Waals surface area contributed by atoms with E-state index < -0.39 is 0 Å². The van der Waals surface area contributed by atoms with E-state index in [-0.39, 0.29) is 5.91 Å². The fraction of sp³-hybridized carbons (Fsp3) is 0.0952. The summed E-state index contributed by atoms with van der Waals surface area (Å²) in [4.78, 5) is 11.9. The van der Waals surface area contributed by atoms with E-state index in [4.69, 9.17) is 5.73 Å². The SMILES string of the molecule is Cc1ccc2c3c(C(N)=O)cccc3n(Cc3cccc(I)c3)c2c1. The summed E-state index contributed by atoms with van der Waals surface area (Å²) in [5.74, 6) is -0.389. The number of hydrogen-bond donors (Lipinski definition) is 1. The number of primary amides is 1. The molecule has 1 heterocycles. The predicted molar refractivity (Wildman–Crippen MR) is 111 cm³/mol. The van der Waals surface area contributed by atoms with Crippen molar-refractivity contribution in [1.82, 2.24) is 4.57 Å². The smallest absolute Gasteiger partial charge is 0.249 e. The standard InChI is InChI=1S/C21H17IN2O/c1-13-8-9-16-19(10-13)24(12-14-4-2-5-15(22)11-14)18-7-3-6-17(20(16)18)21(23)25/h2-11H,12H2,1H3,(H2,23,25). The van der Waals surface area contributed by atoms with Gasteiger partial charge < -0.3 is 10.3 Å². The monoisotopic (exact) mass is 440 g/mol. The van der Waals surface area contributed by atoms with Crippen LogP contribution in [0.3, 0.4) is 0 Å². The Morgan fingerprint density at radius 3 is 2.60 bits per heavy atom. The summed E-state index contributed by atoms with van der Waals surface area (Å²) in [5, 5.41) is 2.01. The summed E-state index contributed by atoms with van der Waals surface area (Å²) in [6.45, 7) is 2.84. The Balaban J connectivity index is 2.06. The number of rotatable bonds is 3. The lowest BCUT2D eigenvalue weighted by Crippen LogP contribution is -2.11. The summed E-state index contributed by atoms with van der Waals surface area (Å²) < 4.78 is 3.49. The van der Waals surface area contributed by atoms with E-state index in [0.717, 1.165) is 28.4 Å². The highest BCUT2D eigenvalue weighted by molar-refractivity contribution is 14.1. The molecule has 2 N–H and O–H groups in total. The molecule has 0 unspecified atom stereocenters. The molecule has 1 aromatic heterocycles. The van der Waals surface area contributed by atoms with Gasteiger partial charge in [0.2, 0.25) is 5.91 Å². The van der Waals surface area contributed by atoms with E-state index in [9.17, 15) is 4.79 Å². The number of hydrogen-bond acceptors (Lipinski definition) is 1. The lowest BCUT2D eigenvalue weighted by molar-refractivity contribution is 0.100. The van der Waals surface area contributed by atoms with Gasteiger partial charge in [0.1, 0.15) is 0 Å². The molecular formula is C21H17IN2O. The van der Waals surface area contributed by atoms with Crippen LogP contribution in [0.1, 0.15) is 21.5 Å². The van der Waals surface area contributed by atoms with Crippen molar-refractivity contribution in [2.24, 2.45) is 5.73 Å². The van der Waals surface area contributed by atoms with Gasteiger partial charge in [0.25, 0.3) is 0 Å². The number of fused-ring (bicyclic) bond motifs is 3. The fourth-order valence-electron chi connectivity index (χ4n) is 3.45. The average Bonchev–Trinajstić information content (AvgIpc) is 2.88. The number of halogens is 1. The highest BCUT2D eigenvalue weighted by Crippen LogP contribution is 2.33. The highest BCUT2D eigenvalue weighted by Gasteiger charge is 2.16. The van der Waals surface area contributed by atoms with Gasteiger partial charge in [0.05, 0.1) is 5.52 Å². The van der Waals surface area contributed by atoms with Crippen molar-refractivity contribution in [3.8, 4) is 0 Å². The van der Waals surface area contributed by atoms with Crippen molar-refractivity contribution in [2.75, 3.05) is 0 Å². The lowest BCUT2D eigenvalue weighted by atomic mass is 10.1. The minimum Gasteiger partial charge on any atom is -0.366 e. The topological polar surface area (TPSA) is 48.0 Å². The van der Waals surface area contributed by atoms with Crippen molar-refractivity contribution in [3.63, 3.8) is 0 Å². The maximum absolute atomic E-state index is 11.9. The Kier molecular flexibility index (Phi) is 4.00. The zero-order chi connectivity index (χ0) is 17.6. The molecule has 0 fully saturated rings. The molecule has 3 aromatic carbocycles. The second kappa shape index (κ2) is 6.19. The van der Waals surface area contributed by atoms with E-state index >= 15 is 0 Å². The van der Waals surface area contributed by atoms with Gasteiger partial charge >= 0.3 is 0 Å². The lowest BCUT2D eigenvalue weighted by Gasteiger charge is -2.09. The number of nitrogens with zero attached hydrogens (tertiary/aromatic N) is 1. The quantitative estimate of drug-likeness (QED) is 0.455. The average molecular weight is 440 g/mol. The Hall–Kier alpha value is -2.34. The first-order valence-electron chi connectivity index (χ1n) is 8.10. The van der Waals surface area contributed by atoms with Crippen LogP contribution >= 0.6 is 22.6 Å². The molecule has 0 bridgehead atoms. The zero-order valence-corrected chi connectivity index (χ0v) is 15.9. The molecule has 4 rings (SSSR count). The number of benzene rings is 3. The van der Waals surface area contributed by atoms with Crippen LogP contribution < -0.4 is 5.73 Å². The van der Waals surface area contributed by atoms with E-state index in [2.05, 4.69) is 82.6 Å². The van der Waals surface area contributed by atoms with Gasteiger partial charge in [-0.3, -0.25) is 4.79 Å². The third-order valence-electron chi connectivity index (χ3n) is 4.54. The van der Waals surface area contributed by atoms with Gasteiger partial charge in [0.15, 0.2) is 0 Å². The van der Waals surface area contributed by atoms with Crippen LogP contribution in [-0.2, 0) is 6.54 Å². The van der Waals surface area contributed by atoms with Crippen LogP contribution in [0.15, 0.2) is 60.7 Å². The van der Waals surface area contributed by atoms with Crippen LogP contribution in [0.25, 0.3) is 21.8 Å². The summed E-state index contributed by atoms with van der Waals surface area (Å²) in [6, 6.07) is 20.6. The minimum atomic E-state index is -0.389. The molecule has 3 nitrogen and oxygen atoms in total. The van der Waals surface area contributed by atoms with E-state index in [1.54, 1.807) is 6.07 Å². The molecule has 4 heteroatoms. The maximum Gasteiger partial charge on any atom is 0.249 e. The molecule has 0 aliphatic carbocycles. The van der Waals surface area contributed by atoms with E-state index in [1.165, 1.54) is 14.7 Å². The first-order chi connectivity index (χ1) is 12.0. The molecule has 0 saturated carbocycles. The molecule has 0 saturated heterocycles. The van der Waals surface area contributed by atoms with Gasteiger partial charge in [-0.05, 0) is 71.0 Å². The molecule has 0 atom stereocenters. The summed E-state index contributed by atoms with van der Waals surface area (Å²) in [6.07, 6.45) is 0.